The van der Waals surface area contributed by atoms with E-state index in [-0.39, 0.29) is 0 Å². The lowest BCUT2D eigenvalue weighted by molar-refractivity contribution is 0.405. The molecule has 0 radical (unpaired) electrons. The van der Waals surface area contributed by atoms with Gasteiger partial charge in [-0.05, 0) is 37.2 Å². The van der Waals surface area contributed by atoms with Crippen LogP contribution in [0, 0.1) is 6.92 Å². The first-order chi connectivity index (χ1) is 9.74. The van der Waals surface area contributed by atoms with Gasteiger partial charge in [-0.2, -0.15) is 0 Å². The summed E-state index contributed by atoms with van der Waals surface area (Å²) in [4.78, 5) is 2.43. The molecule has 106 valence electrons. The summed E-state index contributed by atoms with van der Waals surface area (Å²) in [5.41, 5.74) is 2.63. The minimum atomic E-state index is 0.898. The summed E-state index contributed by atoms with van der Waals surface area (Å²) < 4.78 is 5.43. The molecular formula is C17H21NOS. The Hall–Kier alpha value is -1.45. The second-order valence-electron chi connectivity index (χ2n) is 4.64. The van der Waals surface area contributed by atoms with Crippen molar-refractivity contribution in [3.63, 3.8) is 0 Å². The van der Waals surface area contributed by atoms with E-state index in [0.717, 1.165) is 23.7 Å². The van der Waals surface area contributed by atoms with Gasteiger partial charge in [0.2, 0.25) is 0 Å². The zero-order chi connectivity index (χ0) is 14.4. The number of methoxy groups -OCH3 is 1. The summed E-state index contributed by atoms with van der Waals surface area (Å²) in [5, 5.41) is 3.40. The third-order valence-corrected chi connectivity index (χ3v) is 4.25. The van der Waals surface area contributed by atoms with Crippen molar-refractivity contribution in [1.29, 1.82) is 0 Å². The molecule has 0 saturated heterocycles. The fourth-order valence-electron chi connectivity index (χ4n) is 2.03. The first-order valence-corrected chi connectivity index (χ1v) is 7.67. The molecule has 3 heteroatoms. The van der Waals surface area contributed by atoms with E-state index >= 15 is 0 Å². The molecule has 2 nitrogen and oxygen atoms in total. The average molecular weight is 287 g/mol. The first-order valence-electron chi connectivity index (χ1n) is 6.85. The van der Waals surface area contributed by atoms with Gasteiger partial charge in [0.05, 0.1) is 12.0 Å². The molecule has 0 saturated carbocycles. The number of hydrogen-bond acceptors (Lipinski definition) is 3. The minimum Gasteiger partial charge on any atom is -0.496 e. The Morgan fingerprint density at radius 2 is 1.90 bits per heavy atom. The Balaban J connectivity index is 2.28. The van der Waals surface area contributed by atoms with Crippen molar-refractivity contribution in [2.75, 3.05) is 13.7 Å². The molecule has 2 aromatic rings. The van der Waals surface area contributed by atoms with Gasteiger partial charge in [-0.3, -0.25) is 0 Å². The summed E-state index contributed by atoms with van der Waals surface area (Å²) in [6, 6.07) is 14.7. The number of rotatable bonds is 6. The molecule has 0 spiro atoms. The minimum absolute atomic E-state index is 0.898. The van der Waals surface area contributed by atoms with Gasteiger partial charge in [-0.1, -0.05) is 48.5 Å². The van der Waals surface area contributed by atoms with Crippen LogP contribution in [0.3, 0.4) is 0 Å². The molecule has 0 unspecified atom stereocenters. The van der Waals surface area contributed by atoms with Gasteiger partial charge in [0.1, 0.15) is 5.75 Å². The number of para-hydroxylation sites is 1. The van der Waals surface area contributed by atoms with Crippen molar-refractivity contribution in [2.45, 2.75) is 30.2 Å². The summed E-state index contributed by atoms with van der Waals surface area (Å²) in [7, 11) is 1.72. The molecule has 1 N–H and O–H groups in total. The van der Waals surface area contributed by atoms with Crippen LogP contribution in [-0.4, -0.2) is 13.7 Å². The summed E-state index contributed by atoms with van der Waals surface area (Å²) in [6.07, 6.45) is 0. The molecule has 0 amide bonds. The highest BCUT2D eigenvalue weighted by Crippen LogP contribution is 2.36. The van der Waals surface area contributed by atoms with Gasteiger partial charge >= 0.3 is 0 Å². The molecule has 0 atom stereocenters. The molecule has 0 aliphatic heterocycles. The Morgan fingerprint density at radius 3 is 2.65 bits per heavy atom. The predicted octanol–water partition coefficient (Wildman–Crippen LogP) is 4.26. The number of ether oxygens (including phenoxy) is 1. The Bertz CT molecular complexity index is 569. The van der Waals surface area contributed by atoms with E-state index in [1.165, 1.54) is 16.0 Å². The molecule has 0 fully saturated rings. The number of hydrogen-bond donors (Lipinski definition) is 1. The topological polar surface area (TPSA) is 21.3 Å². The van der Waals surface area contributed by atoms with Crippen LogP contribution in [0.2, 0.25) is 0 Å². The van der Waals surface area contributed by atoms with Crippen molar-refractivity contribution in [3.05, 3.63) is 53.6 Å². The molecular weight excluding hydrogens is 266 g/mol. The Kier molecular flexibility index (Phi) is 5.50. The van der Waals surface area contributed by atoms with Gasteiger partial charge in [0, 0.05) is 11.4 Å². The second-order valence-corrected chi connectivity index (χ2v) is 5.73. The first kappa shape index (κ1) is 14.9. The van der Waals surface area contributed by atoms with Crippen molar-refractivity contribution in [1.82, 2.24) is 5.32 Å². The molecule has 2 aromatic carbocycles. The zero-order valence-corrected chi connectivity index (χ0v) is 13.1. The fraction of sp³-hybridized carbons (Fsp3) is 0.294. The highest BCUT2D eigenvalue weighted by atomic mass is 32.2. The summed E-state index contributed by atoms with van der Waals surface area (Å²) in [5.74, 6) is 0.924. The van der Waals surface area contributed by atoms with E-state index in [9.17, 15) is 0 Å². The lowest BCUT2D eigenvalue weighted by Crippen LogP contribution is -2.12. The normalized spacial score (nSPS) is 10.6. The third-order valence-electron chi connectivity index (χ3n) is 3.07. The van der Waals surface area contributed by atoms with Crippen molar-refractivity contribution >= 4 is 11.8 Å². The van der Waals surface area contributed by atoms with Gasteiger partial charge in [0.15, 0.2) is 0 Å². The third kappa shape index (κ3) is 3.78. The quantitative estimate of drug-likeness (QED) is 0.857. The van der Waals surface area contributed by atoms with E-state index in [0.29, 0.717) is 0 Å². The summed E-state index contributed by atoms with van der Waals surface area (Å²) in [6.45, 7) is 6.14. The second kappa shape index (κ2) is 7.36. The van der Waals surface area contributed by atoms with E-state index in [1.807, 2.05) is 18.2 Å². The lowest BCUT2D eigenvalue weighted by Gasteiger charge is -2.12. The Morgan fingerprint density at radius 1 is 1.10 bits per heavy atom. The van der Waals surface area contributed by atoms with E-state index in [4.69, 9.17) is 4.74 Å². The van der Waals surface area contributed by atoms with Gasteiger partial charge in [-0.15, -0.1) is 0 Å². The van der Waals surface area contributed by atoms with Crippen LogP contribution in [0.15, 0.2) is 52.3 Å². The molecule has 0 heterocycles. The van der Waals surface area contributed by atoms with Crippen molar-refractivity contribution in [2.24, 2.45) is 0 Å². The van der Waals surface area contributed by atoms with Crippen molar-refractivity contribution < 1.29 is 4.74 Å². The van der Waals surface area contributed by atoms with Crippen LogP contribution in [0.25, 0.3) is 0 Å². The van der Waals surface area contributed by atoms with Crippen molar-refractivity contribution in [3.8, 4) is 5.75 Å². The predicted molar refractivity (Wildman–Crippen MR) is 85.7 cm³/mol. The largest absolute Gasteiger partial charge is 0.496 e. The van der Waals surface area contributed by atoms with E-state index in [2.05, 4.69) is 43.4 Å². The summed E-state index contributed by atoms with van der Waals surface area (Å²) >= 11 is 1.76. The maximum atomic E-state index is 5.43. The molecule has 20 heavy (non-hydrogen) atoms. The maximum Gasteiger partial charge on any atom is 0.132 e. The molecule has 0 aromatic heterocycles. The van der Waals surface area contributed by atoms with Gasteiger partial charge in [0.25, 0.3) is 0 Å². The zero-order valence-electron chi connectivity index (χ0n) is 12.3. The molecule has 2 rings (SSSR count). The van der Waals surface area contributed by atoms with Crippen LogP contribution in [0.5, 0.6) is 5.75 Å². The number of nitrogens with one attached hydrogen (secondary N) is 1. The highest BCUT2D eigenvalue weighted by Gasteiger charge is 2.08. The fourth-order valence-corrected chi connectivity index (χ4v) is 3.06. The maximum absolute atomic E-state index is 5.43. The number of aryl methyl sites for hydroxylation is 1. The van der Waals surface area contributed by atoms with Crippen LogP contribution < -0.4 is 10.1 Å². The molecule has 0 aliphatic rings. The lowest BCUT2D eigenvalue weighted by atomic mass is 10.1. The van der Waals surface area contributed by atoms with Crippen LogP contribution in [-0.2, 0) is 6.54 Å². The standard InChI is InChI=1S/C17H21NOS/c1-4-18-12-14-11-13(2)9-10-16(14)20-17-8-6-5-7-15(17)19-3/h5-11,18H,4,12H2,1-3H3. The SMILES string of the molecule is CCNCc1cc(C)ccc1Sc1ccccc1OC. The van der Waals surface area contributed by atoms with Crippen LogP contribution in [0.4, 0.5) is 0 Å². The monoisotopic (exact) mass is 287 g/mol. The highest BCUT2D eigenvalue weighted by molar-refractivity contribution is 7.99. The Labute approximate surface area is 125 Å². The van der Waals surface area contributed by atoms with E-state index in [1.54, 1.807) is 18.9 Å². The molecule has 0 bridgehead atoms. The van der Waals surface area contributed by atoms with Gasteiger partial charge < -0.3 is 10.1 Å². The molecule has 0 aliphatic carbocycles. The van der Waals surface area contributed by atoms with Gasteiger partial charge in [-0.25, -0.2) is 0 Å². The van der Waals surface area contributed by atoms with Crippen LogP contribution >= 0.6 is 11.8 Å². The smallest absolute Gasteiger partial charge is 0.132 e. The van der Waals surface area contributed by atoms with Crippen LogP contribution in [0.1, 0.15) is 18.1 Å². The number of benzene rings is 2. The van der Waals surface area contributed by atoms with E-state index < -0.39 is 0 Å². The average Bonchev–Trinajstić information content (AvgIpc) is 2.48.